The van der Waals surface area contributed by atoms with Gasteiger partial charge in [0.2, 0.25) is 0 Å². The third-order valence-corrected chi connectivity index (χ3v) is 5.62. The Morgan fingerprint density at radius 1 is 1.09 bits per heavy atom. The Morgan fingerprint density at radius 3 is 2.45 bits per heavy atom. The minimum absolute atomic E-state index is 0.0464. The van der Waals surface area contributed by atoms with Crippen LogP contribution in [0.15, 0.2) is 48.0 Å². The number of carbonyl (C=O) groups excluding carboxylic acids is 2. The molecule has 1 aliphatic heterocycles. The van der Waals surface area contributed by atoms with Crippen molar-refractivity contribution in [2.24, 2.45) is 0 Å². The van der Waals surface area contributed by atoms with E-state index in [0.717, 1.165) is 0 Å². The van der Waals surface area contributed by atoms with E-state index in [1.54, 1.807) is 36.4 Å². The number of nitrogens with zero attached hydrogens (tertiary/aromatic N) is 1. The zero-order valence-electron chi connectivity index (χ0n) is 19.1. The average molecular weight is 474 g/mol. The molecule has 1 fully saturated rings. The van der Waals surface area contributed by atoms with Gasteiger partial charge >= 0.3 is 0 Å². The number of benzene rings is 2. The molecule has 176 valence electrons. The largest absolute Gasteiger partial charge is 0.507 e. The molecule has 3 rings (SSSR count). The zero-order chi connectivity index (χ0) is 24.1. The zero-order valence-corrected chi connectivity index (χ0v) is 19.9. The number of carbonyl (C=O) groups is 2. The second-order valence-corrected chi connectivity index (χ2v) is 8.29. The summed E-state index contributed by atoms with van der Waals surface area (Å²) in [4.78, 5) is 27.7. The van der Waals surface area contributed by atoms with E-state index >= 15 is 0 Å². The molecule has 0 radical (unpaired) electrons. The van der Waals surface area contributed by atoms with Gasteiger partial charge < -0.3 is 24.2 Å². The van der Waals surface area contributed by atoms with Gasteiger partial charge in [0, 0.05) is 23.7 Å². The Labute approximate surface area is 198 Å². The molecule has 1 unspecified atom stereocenters. The minimum atomic E-state index is -0.844. The summed E-state index contributed by atoms with van der Waals surface area (Å²) < 4.78 is 16.5. The number of ether oxygens (including phenoxy) is 3. The molecule has 2 aromatic carbocycles. The van der Waals surface area contributed by atoms with Crippen molar-refractivity contribution in [1.29, 1.82) is 0 Å². The predicted octanol–water partition coefficient (Wildman–Crippen LogP) is 4.59. The fourth-order valence-electron chi connectivity index (χ4n) is 3.89. The molecule has 8 heteroatoms. The van der Waals surface area contributed by atoms with Crippen molar-refractivity contribution in [3.63, 3.8) is 0 Å². The molecule has 1 heterocycles. The Kier molecular flexibility index (Phi) is 8.00. The topological polar surface area (TPSA) is 85.3 Å². The maximum Gasteiger partial charge on any atom is 0.295 e. The number of hydrogen-bond acceptors (Lipinski definition) is 6. The lowest BCUT2D eigenvalue weighted by molar-refractivity contribution is -0.140. The van der Waals surface area contributed by atoms with Crippen LogP contribution in [0.1, 0.15) is 37.4 Å². The highest BCUT2D eigenvalue weighted by molar-refractivity contribution is 6.46. The summed E-state index contributed by atoms with van der Waals surface area (Å²) in [5.74, 6) is -1.01. The molecule has 0 aromatic heterocycles. The third-order valence-electron chi connectivity index (χ3n) is 5.38. The van der Waals surface area contributed by atoms with Crippen LogP contribution in [0, 0.1) is 0 Å². The number of likely N-dealkylation sites (tertiary alicyclic amines) is 1. The number of rotatable bonds is 9. The van der Waals surface area contributed by atoms with Crippen LogP contribution in [-0.4, -0.2) is 55.2 Å². The van der Waals surface area contributed by atoms with Gasteiger partial charge in [-0.1, -0.05) is 29.8 Å². The normalized spacial score (nSPS) is 17.6. The van der Waals surface area contributed by atoms with Crippen LogP contribution in [0.4, 0.5) is 0 Å². The maximum atomic E-state index is 13.2. The first-order chi connectivity index (χ1) is 15.8. The van der Waals surface area contributed by atoms with E-state index < -0.39 is 17.7 Å². The highest BCUT2D eigenvalue weighted by Gasteiger charge is 2.47. The summed E-state index contributed by atoms with van der Waals surface area (Å²) in [5.41, 5.74) is 0.771. The Balaban J connectivity index is 2.15. The van der Waals surface area contributed by atoms with E-state index in [-0.39, 0.29) is 29.5 Å². The molecule has 7 nitrogen and oxygen atoms in total. The van der Waals surface area contributed by atoms with Crippen LogP contribution in [0.25, 0.3) is 5.76 Å². The standard InChI is InChI=1S/C25H28ClNO6/c1-15(2)33-13-7-12-27-22(17-8-5-6-9-19(17)31-3)21(24(29)25(27)30)23(28)18-14-16(26)10-11-20(18)32-4/h5-6,8-11,14-15,22,28H,7,12-13H2,1-4H3/b23-21+. The molecule has 33 heavy (non-hydrogen) atoms. The molecule has 0 bridgehead atoms. The van der Waals surface area contributed by atoms with Crippen molar-refractivity contribution in [1.82, 2.24) is 4.90 Å². The SMILES string of the molecule is COc1ccc(Cl)cc1/C(O)=C1\C(=O)C(=O)N(CCCOC(C)C)C1c1ccccc1OC. The van der Waals surface area contributed by atoms with Crippen LogP contribution in [0.3, 0.4) is 0 Å². The van der Waals surface area contributed by atoms with E-state index in [2.05, 4.69) is 0 Å². The molecule has 1 atom stereocenters. The summed E-state index contributed by atoms with van der Waals surface area (Å²) in [6.45, 7) is 4.56. The molecular formula is C25H28ClNO6. The molecule has 2 aromatic rings. The fraction of sp³-hybridized carbons (Fsp3) is 0.360. The summed E-state index contributed by atoms with van der Waals surface area (Å²) in [6, 6.07) is 11.0. The highest BCUT2D eigenvalue weighted by Crippen LogP contribution is 2.44. The number of hydrogen-bond donors (Lipinski definition) is 1. The molecule has 1 saturated heterocycles. The van der Waals surface area contributed by atoms with Gasteiger partial charge in [-0.15, -0.1) is 0 Å². The number of aliphatic hydroxyl groups excluding tert-OH is 1. The van der Waals surface area contributed by atoms with Crippen LogP contribution in [0.5, 0.6) is 11.5 Å². The molecule has 0 saturated carbocycles. The average Bonchev–Trinajstić information content (AvgIpc) is 3.05. The van der Waals surface area contributed by atoms with Crippen LogP contribution < -0.4 is 9.47 Å². The quantitative estimate of drug-likeness (QED) is 0.248. The number of para-hydroxylation sites is 1. The first-order valence-electron chi connectivity index (χ1n) is 10.7. The highest BCUT2D eigenvalue weighted by atomic mass is 35.5. The van der Waals surface area contributed by atoms with Gasteiger partial charge in [0.05, 0.1) is 37.5 Å². The fourth-order valence-corrected chi connectivity index (χ4v) is 4.06. The number of Topliss-reactive ketones (excluding diaryl/α,β-unsaturated/α-hetero) is 1. The molecule has 0 aliphatic carbocycles. The summed E-state index contributed by atoms with van der Waals surface area (Å²) in [6.07, 6.45) is 0.581. The first kappa shape index (κ1) is 24.6. The minimum Gasteiger partial charge on any atom is -0.507 e. The number of amides is 1. The number of ketones is 1. The van der Waals surface area contributed by atoms with Gasteiger partial charge in [-0.05, 0) is 44.5 Å². The lowest BCUT2D eigenvalue weighted by Crippen LogP contribution is -2.31. The van der Waals surface area contributed by atoms with Gasteiger partial charge in [0.15, 0.2) is 0 Å². The van der Waals surface area contributed by atoms with Crippen molar-refractivity contribution >= 4 is 29.1 Å². The monoisotopic (exact) mass is 473 g/mol. The van der Waals surface area contributed by atoms with E-state index in [1.807, 2.05) is 13.8 Å². The van der Waals surface area contributed by atoms with Crippen molar-refractivity contribution in [2.45, 2.75) is 32.4 Å². The van der Waals surface area contributed by atoms with Crippen LogP contribution in [0.2, 0.25) is 5.02 Å². The molecule has 0 spiro atoms. The predicted molar refractivity (Wildman–Crippen MR) is 126 cm³/mol. The van der Waals surface area contributed by atoms with Crippen molar-refractivity contribution < 1.29 is 28.9 Å². The van der Waals surface area contributed by atoms with Gasteiger partial charge in [-0.25, -0.2) is 0 Å². The lowest BCUT2D eigenvalue weighted by atomic mass is 9.94. The van der Waals surface area contributed by atoms with Crippen molar-refractivity contribution in [3.05, 3.63) is 64.2 Å². The second-order valence-electron chi connectivity index (χ2n) is 7.85. The number of halogens is 1. The van der Waals surface area contributed by atoms with Crippen LogP contribution >= 0.6 is 11.6 Å². The van der Waals surface area contributed by atoms with E-state index in [4.69, 9.17) is 25.8 Å². The maximum absolute atomic E-state index is 13.2. The second kappa shape index (κ2) is 10.7. The van der Waals surface area contributed by atoms with E-state index in [0.29, 0.717) is 35.1 Å². The Morgan fingerprint density at radius 2 is 1.79 bits per heavy atom. The van der Waals surface area contributed by atoms with Crippen molar-refractivity contribution in [3.8, 4) is 11.5 Å². The molecule has 1 amide bonds. The lowest BCUT2D eigenvalue weighted by Gasteiger charge is -2.26. The van der Waals surface area contributed by atoms with E-state index in [1.165, 1.54) is 25.2 Å². The van der Waals surface area contributed by atoms with Gasteiger partial charge in [0.25, 0.3) is 11.7 Å². The number of aliphatic hydroxyl groups is 1. The molecular weight excluding hydrogens is 446 g/mol. The summed E-state index contributed by atoms with van der Waals surface area (Å²) in [5, 5.41) is 11.6. The number of methoxy groups -OCH3 is 2. The Bertz CT molecular complexity index is 1060. The molecule has 1 N–H and O–H groups in total. The van der Waals surface area contributed by atoms with Gasteiger partial charge in [-0.3, -0.25) is 9.59 Å². The summed E-state index contributed by atoms with van der Waals surface area (Å²) in [7, 11) is 2.96. The molecule has 1 aliphatic rings. The first-order valence-corrected chi connectivity index (χ1v) is 11.0. The van der Waals surface area contributed by atoms with Crippen molar-refractivity contribution in [2.75, 3.05) is 27.4 Å². The van der Waals surface area contributed by atoms with E-state index in [9.17, 15) is 14.7 Å². The smallest absolute Gasteiger partial charge is 0.295 e. The van der Waals surface area contributed by atoms with Gasteiger partial charge in [0.1, 0.15) is 17.3 Å². The van der Waals surface area contributed by atoms with Crippen LogP contribution in [-0.2, 0) is 14.3 Å². The Hall–Kier alpha value is -3.03. The third kappa shape index (κ3) is 5.15. The van der Waals surface area contributed by atoms with Gasteiger partial charge in [-0.2, -0.15) is 0 Å². The summed E-state index contributed by atoms with van der Waals surface area (Å²) >= 11 is 6.14.